The van der Waals surface area contributed by atoms with Crippen LogP contribution in [0, 0.1) is 0 Å². The minimum Gasteiger partial charge on any atom is -0.469 e. The molecule has 2 fully saturated rings. The summed E-state index contributed by atoms with van der Waals surface area (Å²) in [5.74, 6) is -1.74. The number of rotatable bonds is 12. The maximum absolute atomic E-state index is 13.2. The Morgan fingerprint density at radius 2 is 1.43 bits per heavy atom. The van der Waals surface area contributed by atoms with Crippen LogP contribution >= 0.6 is 0 Å². The molecule has 3 aliphatic heterocycles. The summed E-state index contributed by atoms with van der Waals surface area (Å²) in [4.78, 5) is 38.5. The third-order valence-corrected chi connectivity index (χ3v) is 7.60. The molecule has 234 valence electrons. The van der Waals surface area contributed by atoms with Crippen LogP contribution in [-0.2, 0) is 28.5 Å². The Hall–Kier alpha value is -2.57. The van der Waals surface area contributed by atoms with E-state index in [-0.39, 0.29) is 30.1 Å². The van der Waals surface area contributed by atoms with E-state index in [0.29, 0.717) is 19.3 Å². The van der Waals surface area contributed by atoms with Gasteiger partial charge in [0, 0.05) is 13.0 Å². The van der Waals surface area contributed by atoms with Gasteiger partial charge >= 0.3 is 5.97 Å². The largest absolute Gasteiger partial charge is 0.469 e. The van der Waals surface area contributed by atoms with Crippen LogP contribution in [0.5, 0.6) is 0 Å². The van der Waals surface area contributed by atoms with Gasteiger partial charge in [0.1, 0.15) is 48.8 Å². The molecular weight excluding hydrogens is 562 g/mol. The van der Waals surface area contributed by atoms with E-state index >= 15 is 0 Å². The molecule has 3 heterocycles. The molecule has 2 amide bonds. The van der Waals surface area contributed by atoms with Gasteiger partial charge in [-0.2, -0.15) is 0 Å². The molecule has 3 aliphatic rings. The van der Waals surface area contributed by atoms with E-state index < -0.39 is 86.4 Å². The van der Waals surface area contributed by atoms with E-state index in [9.17, 15) is 45.0 Å². The SMILES string of the molecule is COC(=O)CCCCCO[C@@H]1O[C@H](COC2O[C@H](CO)[C@@H](O)[C@H](O)[C@H]2O)[C@@H](O)[C@H](O)[C@H]1N1C(=O)c2ccccc2C1=O. The molecule has 0 saturated carbocycles. The highest BCUT2D eigenvalue weighted by Crippen LogP contribution is 2.33. The van der Waals surface area contributed by atoms with Crippen molar-refractivity contribution in [3.05, 3.63) is 35.4 Å². The number of imide groups is 1. The maximum Gasteiger partial charge on any atom is 0.305 e. The monoisotopic (exact) mass is 599 g/mol. The first-order valence-corrected chi connectivity index (χ1v) is 13.7. The standard InChI is InChI=1S/C27H37NO14/c1-38-17(30)9-3-2-6-10-39-26-18(28-24(36)13-7-4-5-8-14(13)25(28)37)21(33)20(32)16(42-26)12-40-27-23(35)22(34)19(31)15(11-29)41-27/h4-5,7-8,15-16,18-23,26-27,29,31-35H,2-3,6,9-12H2,1H3/t15-,16-,18-,19-,20-,21-,22+,23-,26-,27?/m1/s1. The number of carbonyl (C=O) groups is 3. The number of nitrogens with zero attached hydrogens (tertiary/aromatic N) is 1. The summed E-state index contributed by atoms with van der Waals surface area (Å²) in [6.07, 6.45) is -12.2. The first-order chi connectivity index (χ1) is 20.1. The van der Waals surface area contributed by atoms with E-state index in [1.807, 2.05) is 0 Å². The van der Waals surface area contributed by atoms with Crippen molar-refractivity contribution >= 4 is 17.8 Å². The van der Waals surface area contributed by atoms with Gasteiger partial charge < -0.3 is 54.3 Å². The number of amides is 2. The van der Waals surface area contributed by atoms with E-state index in [2.05, 4.69) is 4.74 Å². The van der Waals surface area contributed by atoms with Crippen molar-refractivity contribution in [3.63, 3.8) is 0 Å². The van der Waals surface area contributed by atoms with Crippen LogP contribution in [0.15, 0.2) is 24.3 Å². The molecule has 0 radical (unpaired) electrons. The minimum absolute atomic E-state index is 0.0502. The number of esters is 1. The summed E-state index contributed by atoms with van der Waals surface area (Å²) < 4.78 is 27.2. The molecule has 4 rings (SSSR count). The second-order valence-corrected chi connectivity index (χ2v) is 10.3. The third-order valence-electron chi connectivity index (χ3n) is 7.60. The van der Waals surface area contributed by atoms with Crippen LogP contribution in [0.4, 0.5) is 0 Å². The van der Waals surface area contributed by atoms with Crippen molar-refractivity contribution in [2.45, 2.75) is 87.0 Å². The van der Waals surface area contributed by atoms with Gasteiger partial charge in [0.2, 0.25) is 0 Å². The van der Waals surface area contributed by atoms with Gasteiger partial charge in [-0.25, -0.2) is 0 Å². The maximum atomic E-state index is 13.2. The molecule has 0 spiro atoms. The van der Waals surface area contributed by atoms with E-state index in [1.165, 1.54) is 19.2 Å². The molecule has 1 unspecified atom stereocenters. The fraction of sp³-hybridized carbons (Fsp3) is 0.667. The molecule has 1 aromatic carbocycles. The Balaban J connectivity index is 1.47. The summed E-state index contributed by atoms with van der Waals surface area (Å²) in [6, 6.07) is 4.67. The number of carbonyl (C=O) groups excluding carboxylic acids is 3. The number of fused-ring (bicyclic) bond motifs is 1. The summed E-state index contributed by atoms with van der Waals surface area (Å²) in [7, 11) is 1.29. The second kappa shape index (κ2) is 14.3. The van der Waals surface area contributed by atoms with Crippen LogP contribution in [0.2, 0.25) is 0 Å². The predicted octanol–water partition coefficient (Wildman–Crippen LogP) is -2.34. The quantitative estimate of drug-likeness (QED) is 0.0842. The van der Waals surface area contributed by atoms with Gasteiger partial charge in [0.25, 0.3) is 11.8 Å². The molecule has 10 atom stereocenters. The van der Waals surface area contributed by atoms with Gasteiger partial charge in [-0.3, -0.25) is 19.3 Å². The fourth-order valence-electron chi connectivity index (χ4n) is 5.19. The number of hydrogen-bond acceptors (Lipinski definition) is 14. The molecule has 2 saturated heterocycles. The van der Waals surface area contributed by atoms with Gasteiger partial charge in [0.05, 0.1) is 31.5 Å². The highest BCUT2D eigenvalue weighted by molar-refractivity contribution is 6.21. The number of aliphatic hydroxyl groups is 6. The van der Waals surface area contributed by atoms with Crippen molar-refractivity contribution < 1.29 is 68.7 Å². The van der Waals surface area contributed by atoms with E-state index in [0.717, 1.165) is 4.90 Å². The Morgan fingerprint density at radius 1 is 0.810 bits per heavy atom. The fourth-order valence-corrected chi connectivity index (χ4v) is 5.19. The molecular formula is C27H37NO14. The lowest BCUT2D eigenvalue weighted by molar-refractivity contribution is -0.323. The molecule has 1 aromatic rings. The normalized spacial score (nSPS) is 34.9. The van der Waals surface area contributed by atoms with Gasteiger partial charge in [0.15, 0.2) is 12.6 Å². The van der Waals surface area contributed by atoms with E-state index in [1.54, 1.807) is 12.1 Å². The Bertz CT molecular complexity index is 1070. The topological polar surface area (TPSA) is 222 Å². The lowest BCUT2D eigenvalue weighted by atomic mass is 9.95. The zero-order valence-electron chi connectivity index (χ0n) is 22.9. The van der Waals surface area contributed by atoms with E-state index in [4.69, 9.17) is 18.9 Å². The van der Waals surface area contributed by atoms with Crippen LogP contribution in [0.25, 0.3) is 0 Å². The zero-order valence-corrected chi connectivity index (χ0v) is 22.9. The zero-order chi connectivity index (χ0) is 30.6. The van der Waals surface area contributed by atoms with Crippen molar-refractivity contribution in [2.24, 2.45) is 0 Å². The molecule has 15 heteroatoms. The number of methoxy groups -OCH3 is 1. The summed E-state index contributed by atoms with van der Waals surface area (Å²) in [5.41, 5.74) is 0.248. The number of benzene rings is 1. The molecule has 42 heavy (non-hydrogen) atoms. The highest BCUT2D eigenvalue weighted by atomic mass is 16.7. The molecule has 0 aliphatic carbocycles. The van der Waals surface area contributed by atoms with Gasteiger partial charge in [-0.1, -0.05) is 18.6 Å². The molecule has 6 N–H and O–H groups in total. The van der Waals surface area contributed by atoms with Crippen molar-refractivity contribution in [2.75, 3.05) is 26.9 Å². The smallest absolute Gasteiger partial charge is 0.305 e. The Kier molecular flexibility index (Phi) is 11.0. The number of unbranched alkanes of at least 4 members (excludes halogenated alkanes) is 2. The number of hydrogen-bond donors (Lipinski definition) is 6. The Labute approximate surface area is 241 Å². The lowest BCUT2D eigenvalue weighted by Crippen LogP contribution is -2.66. The number of ether oxygens (including phenoxy) is 5. The third kappa shape index (κ3) is 6.65. The minimum atomic E-state index is -1.74. The van der Waals surface area contributed by atoms with Crippen molar-refractivity contribution in [1.82, 2.24) is 4.90 Å². The second-order valence-electron chi connectivity index (χ2n) is 10.3. The first kappa shape index (κ1) is 32.3. The van der Waals surface area contributed by atoms with Crippen molar-refractivity contribution in [1.29, 1.82) is 0 Å². The van der Waals surface area contributed by atoms with Crippen LogP contribution in [0.1, 0.15) is 46.4 Å². The van der Waals surface area contributed by atoms with Crippen molar-refractivity contribution in [3.8, 4) is 0 Å². The Morgan fingerprint density at radius 3 is 2.05 bits per heavy atom. The first-order valence-electron chi connectivity index (χ1n) is 13.7. The molecule has 15 nitrogen and oxygen atoms in total. The molecule has 0 aromatic heterocycles. The summed E-state index contributed by atoms with van der Waals surface area (Å²) >= 11 is 0. The average Bonchev–Trinajstić information content (AvgIpc) is 3.24. The van der Waals surface area contributed by atoms with Crippen LogP contribution < -0.4 is 0 Å². The summed E-state index contributed by atoms with van der Waals surface area (Å²) in [5, 5.41) is 61.8. The number of aliphatic hydroxyl groups excluding tert-OH is 6. The molecule has 0 bridgehead atoms. The average molecular weight is 600 g/mol. The summed E-state index contributed by atoms with van der Waals surface area (Å²) in [6.45, 7) is -1.15. The van der Waals surface area contributed by atoms with Gasteiger partial charge in [-0.05, 0) is 25.0 Å². The van der Waals surface area contributed by atoms with Crippen LogP contribution in [0.3, 0.4) is 0 Å². The van der Waals surface area contributed by atoms with Crippen LogP contribution in [-0.4, -0.2) is 142 Å². The predicted molar refractivity (Wildman–Crippen MR) is 138 cm³/mol. The lowest BCUT2D eigenvalue weighted by Gasteiger charge is -2.46. The van der Waals surface area contributed by atoms with Gasteiger partial charge in [-0.15, -0.1) is 0 Å². The highest BCUT2D eigenvalue weighted by Gasteiger charge is 2.54.